The quantitative estimate of drug-likeness (QED) is 0.641. The molecule has 0 radical (unpaired) electrons. The van der Waals surface area contributed by atoms with E-state index in [0.717, 1.165) is 11.0 Å². The van der Waals surface area contributed by atoms with Crippen LogP contribution >= 0.6 is 0 Å². The fourth-order valence-corrected chi connectivity index (χ4v) is 3.65. The van der Waals surface area contributed by atoms with Gasteiger partial charge in [-0.25, -0.2) is 14.6 Å². The first-order chi connectivity index (χ1) is 14.2. The maximum Gasteiger partial charge on any atom is 0.326 e. The molecule has 162 valence electrons. The lowest BCUT2D eigenvalue weighted by Gasteiger charge is -2.27. The van der Waals surface area contributed by atoms with E-state index in [1.54, 1.807) is 6.92 Å². The van der Waals surface area contributed by atoms with Crippen molar-refractivity contribution in [2.75, 3.05) is 11.4 Å². The topological polar surface area (TPSA) is 117 Å². The van der Waals surface area contributed by atoms with Gasteiger partial charge in [-0.15, -0.1) is 0 Å². The Morgan fingerprint density at radius 2 is 1.80 bits per heavy atom. The van der Waals surface area contributed by atoms with Crippen LogP contribution in [0.3, 0.4) is 0 Å². The number of imidazole rings is 1. The largest absolute Gasteiger partial charge is 0.480 e. The van der Waals surface area contributed by atoms with Crippen molar-refractivity contribution >= 4 is 34.9 Å². The average Bonchev–Trinajstić information content (AvgIpc) is 3.28. The lowest BCUT2D eigenvalue weighted by molar-refractivity contribution is -0.143. The van der Waals surface area contributed by atoms with Crippen LogP contribution in [0.2, 0.25) is 0 Å². The molecule has 2 aromatic rings. The normalized spacial score (nSPS) is 16.2. The number of aromatic nitrogens is 2. The molecule has 0 saturated heterocycles. The molecule has 3 N–H and O–H groups in total. The minimum atomic E-state index is -1.08. The van der Waals surface area contributed by atoms with E-state index >= 15 is 0 Å². The number of benzene rings is 1. The van der Waals surface area contributed by atoms with Crippen molar-refractivity contribution in [1.82, 2.24) is 20.2 Å². The van der Waals surface area contributed by atoms with Crippen molar-refractivity contribution in [3.63, 3.8) is 0 Å². The number of para-hydroxylation sites is 2. The minimum Gasteiger partial charge on any atom is -0.480 e. The van der Waals surface area contributed by atoms with Gasteiger partial charge in [0, 0.05) is 13.1 Å². The zero-order valence-electron chi connectivity index (χ0n) is 17.8. The molecule has 0 aliphatic carbocycles. The number of rotatable bonds is 7. The molecule has 2 heterocycles. The first-order valence-corrected chi connectivity index (χ1v) is 10.3. The number of carbonyl (C=O) groups excluding carboxylic acids is 2. The second kappa shape index (κ2) is 8.73. The summed E-state index contributed by atoms with van der Waals surface area (Å²) in [6, 6.07) is 5.38. The van der Waals surface area contributed by atoms with E-state index in [1.807, 2.05) is 49.6 Å². The van der Waals surface area contributed by atoms with Gasteiger partial charge in [0.25, 0.3) is 0 Å². The Balaban J connectivity index is 1.75. The lowest BCUT2D eigenvalue weighted by Crippen LogP contribution is -2.57. The van der Waals surface area contributed by atoms with Crippen molar-refractivity contribution in [3.8, 4) is 0 Å². The van der Waals surface area contributed by atoms with Gasteiger partial charge in [-0.2, -0.15) is 0 Å². The van der Waals surface area contributed by atoms with Gasteiger partial charge in [0.15, 0.2) is 0 Å². The summed E-state index contributed by atoms with van der Waals surface area (Å²) in [5, 5.41) is 14.8. The van der Waals surface area contributed by atoms with Gasteiger partial charge in [-0.1, -0.05) is 46.2 Å². The zero-order chi connectivity index (χ0) is 22.0. The Morgan fingerprint density at radius 3 is 2.43 bits per heavy atom. The highest BCUT2D eigenvalue weighted by atomic mass is 16.4. The summed E-state index contributed by atoms with van der Waals surface area (Å²) in [6.45, 7) is 8.34. The summed E-state index contributed by atoms with van der Waals surface area (Å²) in [6.07, 6.45) is 0.611. The number of hydrogen-bond acceptors (Lipinski definition) is 4. The first-order valence-electron chi connectivity index (χ1n) is 10.3. The third-order valence-electron chi connectivity index (χ3n) is 5.67. The smallest absolute Gasteiger partial charge is 0.326 e. The molecule has 1 aromatic carbocycles. The van der Waals surface area contributed by atoms with Crippen LogP contribution in [0.1, 0.15) is 34.1 Å². The van der Waals surface area contributed by atoms with Crippen LogP contribution in [-0.2, 0) is 16.1 Å². The maximum atomic E-state index is 13.0. The molecule has 1 aliphatic rings. The van der Waals surface area contributed by atoms with E-state index in [1.165, 1.54) is 4.90 Å². The maximum absolute atomic E-state index is 13.0. The number of fused-ring (bicyclic) bond motifs is 3. The molecule has 0 saturated carbocycles. The fraction of sp³-hybridized carbons (Fsp3) is 0.524. The highest BCUT2D eigenvalue weighted by Gasteiger charge is 2.34. The number of carboxylic acids is 1. The molecule has 0 fully saturated rings. The van der Waals surface area contributed by atoms with E-state index in [4.69, 9.17) is 0 Å². The van der Waals surface area contributed by atoms with Crippen LogP contribution in [-0.4, -0.2) is 51.2 Å². The Labute approximate surface area is 175 Å². The summed E-state index contributed by atoms with van der Waals surface area (Å²) in [7, 11) is 0. The van der Waals surface area contributed by atoms with Gasteiger partial charge < -0.3 is 20.3 Å². The third kappa shape index (κ3) is 4.10. The molecule has 30 heavy (non-hydrogen) atoms. The molecule has 0 spiro atoms. The Hall–Kier alpha value is -3.10. The Kier molecular flexibility index (Phi) is 6.28. The van der Waals surface area contributed by atoms with Crippen molar-refractivity contribution in [1.29, 1.82) is 0 Å². The summed E-state index contributed by atoms with van der Waals surface area (Å²) < 4.78 is 1.97. The number of urea groups is 1. The van der Waals surface area contributed by atoms with Gasteiger partial charge in [-0.3, -0.25) is 9.69 Å². The molecular weight excluding hydrogens is 386 g/mol. The lowest BCUT2D eigenvalue weighted by atomic mass is 9.97. The number of carbonyl (C=O) groups is 3. The molecule has 3 atom stereocenters. The van der Waals surface area contributed by atoms with Crippen LogP contribution in [0, 0.1) is 11.8 Å². The second-order valence-corrected chi connectivity index (χ2v) is 8.09. The first kappa shape index (κ1) is 21.6. The molecule has 9 nitrogen and oxygen atoms in total. The number of aliphatic carboxylic acids is 1. The zero-order valence-corrected chi connectivity index (χ0v) is 17.8. The van der Waals surface area contributed by atoms with Crippen LogP contribution in [0.15, 0.2) is 24.3 Å². The molecular formula is C21H29N5O4. The fourth-order valence-electron chi connectivity index (χ4n) is 3.65. The number of anilines is 1. The number of carboxylic acid groups (broad SMARTS) is 1. The van der Waals surface area contributed by atoms with E-state index in [0.29, 0.717) is 25.5 Å². The highest BCUT2D eigenvalue weighted by molar-refractivity contribution is 5.97. The molecule has 1 unspecified atom stereocenters. The second-order valence-electron chi connectivity index (χ2n) is 8.09. The molecule has 3 amide bonds. The van der Waals surface area contributed by atoms with Gasteiger partial charge >= 0.3 is 12.0 Å². The molecule has 1 aliphatic heterocycles. The monoisotopic (exact) mass is 415 g/mol. The summed E-state index contributed by atoms with van der Waals surface area (Å²) in [4.78, 5) is 43.4. The standard InChI is InChI=1S/C21H29N5O4/c1-5-13(4)17(19(28)29)23-18(27)16(12(2)3)24-21(30)26-11-10-25-15-9-7-6-8-14(15)22-20(25)26/h6-9,12-13,16-17H,5,10-11H2,1-4H3,(H,23,27)(H,24,30)(H,28,29)/t13?,16-,17-/m0/s1. The van der Waals surface area contributed by atoms with Crippen LogP contribution in [0.25, 0.3) is 11.0 Å². The molecule has 9 heteroatoms. The van der Waals surface area contributed by atoms with Crippen LogP contribution in [0.4, 0.5) is 10.7 Å². The predicted octanol–water partition coefficient (Wildman–Crippen LogP) is 2.21. The predicted molar refractivity (Wildman–Crippen MR) is 113 cm³/mol. The molecule has 3 rings (SSSR count). The number of amides is 3. The highest BCUT2D eigenvalue weighted by Crippen LogP contribution is 2.27. The minimum absolute atomic E-state index is 0.221. The third-order valence-corrected chi connectivity index (χ3v) is 5.67. The van der Waals surface area contributed by atoms with E-state index in [2.05, 4.69) is 15.6 Å². The van der Waals surface area contributed by atoms with E-state index in [-0.39, 0.29) is 11.8 Å². The molecule has 0 bridgehead atoms. The van der Waals surface area contributed by atoms with Crippen molar-refractivity contribution in [2.24, 2.45) is 11.8 Å². The van der Waals surface area contributed by atoms with Crippen molar-refractivity contribution < 1.29 is 19.5 Å². The number of hydrogen-bond donors (Lipinski definition) is 3. The van der Waals surface area contributed by atoms with Gasteiger partial charge in [0.05, 0.1) is 11.0 Å². The molecule has 1 aromatic heterocycles. The summed E-state index contributed by atoms with van der Waals surface area (Å²) in [5.74, 6) is -1.49. The van der Waals surface area contributed by atoms with Crippen LogP contribution < -0.4 is 15.5 Å². The van der Waals surface area contributed by atoms with Gasteiger partial charge in [0.2, 0.25) is 11.9 Å². The number of nitrogens with one attached hydrogen (secondary N) is 2. The van der Waals surface area contributed by atoms with E-state index in [9.17, 15) is 19.5 Å². The summed E-state index contributed by atoms with van der Waals surface area (Å²) >= 11 is 0. The summed E-state index contributed by atoms with van der Waals surface area (Å²) in [5.41, 5.74) is 1.76. The van der Waals surface area contributed by atoms with Gasteiger partial charge in [0.1, 0.15) is 12.1 Å². The van der Waals surface area contributed by atoms with Crippen LogP contribution in [0.5, 0.6) is 0 Å². The Bertz CT molecular complexity index is 954. The SMILES string of the molecule is CCC(C)[C@H](NC(=O)[C@@H](NC(=O)N1CCn2c1nc1ccccc12)C(C)C)C(=O)O. The van der Waals surface area contributed by atoms with Crippen molar-refractivity contribution in [2.45, 2.75) is 52.7 Å². The number of nitrogens with zero attached hydrogens (tertiary/aromatic N) is 3. The average molecular weight is 415 g/mol. The van der Waals surface area contributed by atoms with Gasteiger partial charge in [-0.05, 0) is 24.0 Å². The van der Waals surface area contributed by atoms with E-state index < -0.39 is 30.0 Å². The Morgan fingerprint density at radius 1 is 1.10 bits per heavy atom. The van der Waals surface area contributed by atoms with Crippen molar-refractivity contribution in [3.05, 3.63) is 24.3 Å².